The van der Waals surface area contributed by atoms with Crippen LogP contribution in [0.15, 0.2) is 12.3 Å². The molecule has 5 heteroatoms. The van der Waals surface area contributed by atoms with Gasteiger partial charge >= 0.3 is 0 Å². The Balaban J connectivity index is 2.21. The number of nitrogen functional groups attached to an aromatic ring is 1. The van der Waals surface area contributed by atoms with Crippen LogP contribution in [0.3, 0.4) is 0 Å². The first-order chi connectivity index (χ1) is 7.74. The van der Waals surface area contributed by atoms with Crippen molar-refractivity contribution in [3.63, 3.8) is 0 Å². The number of nitrogens with zero attached hydrogens (tertiary/aromatic N) is 1. The lowest BCUT2D eigenvalue weighted by Crippen LogP contribution is -2.11. The summed E-state index contributed by atoms with van der Waals surface area (Å²) in [6.07, 6.45) is 1.72. The molecule has 16 heavy (non-hydrogen) atoms. The van der Waals surface area contributed by atoms with Gasteiger partial charge in [0.25, 0.3) is 0 Å². The Hall–Kier alpha value is -1.33. The summed E-state index contributed by atoms with van der Waals surface area (Å²) in [5.41, 5.74) is 7.30. The zero-order valence-electron chi connectivity index (χ0n) is 9.73. The molecule has 1 rings (SSSR count). The average Bonchev–Trinajstić information content (AvgIpc) is 2.26. The standard InChI is InChI=1S/C11H18N2O3/c1-9-7-10(12)11(13-8-9)16-6-5-15-4-3-14-2/h7-8H,3-6,12H2,1-2H3. The fraction of sp³-hybridized carbons (Fsp3) is 0.545. The molecule has 0 aliphatic rings. The minimum atomic E-state index is 0.434. The number of rotatable bonds is 7. The highest BCUT2D eigenvalue weighted by Crippen LogP contribution is 2.17. The highest BCUT2D eigenvalue weighted by molar-refractivity contribution is 5.49. The zero-order chi connectivity index (χ0) is 11.8. The van der Waals surface area contributed by atoms with E-state index in [1.807, 2.05) is 13.0 Å². The van der Waals surface area contributed by atoms with Crippen molar-refractivity contribution in [3.05, 3.63) is 17.8 Å². The summed E-state index contributed by atoms with van der Waals surface area (Å²) in [6.45, 7) is 4.02. The Kier molecular flexibility index (Phi) is 5.60. The molecular formula is C11H18N2O3. The van der Waals surface area contributed by atoms with Crippen LogP contribution in [0, 0.1) is 6.92 Å². The predicted octanol–water partition coefficient (Wildman–Crippen LogP) is 1.01. The van der Waals surface area contributed by atoms with E-state index >= 15 is 0 Å². The lowest BCUT2D eigenvalue weighted by Gasteiger charge is -2.08. The molecule has 0 spiro atoms. The minimum absolute atomic E-state index is 0.434. The summed E-state index contributed by atoms with van der Waals surface area (Å²) in [7, 11) is 1.64. The second-order valence-electron chi connectivity index (χ2n) is 3.36. The third-order valence-corrected chi connectivity index (χ3v) is 1.91. The highest BCUT2D eigenvalue weighted by Gasteiger charge is 2.01. The van der Waals surface area contributed by atoms with Gasteiger partial charge in [0.2, 0.25) is 5.88 Å². The fourth-order valence-corrected chi connectivity index (χ4v) is 1.14. The number of hydrogen-bond acceptors (Lipinski definition) is 5. The molecular weight excluding hydrogens is 208 g/mol. The lowest BCUT2D eigenvalue weighted by atomic mass is 10.3. The number of pyridine rings is 1. The van der Waals surface area contributed by atoms with Gasteiger partial charge in [0.05, 0.1) is 25.5 Å². The molecule has 0 saturated heterocycles. The van der Waals surface area contributed by atoms with Crippen molar-refractivity contribution in [2.75, 3.05) is 39.3 Å². The van der Waals surface area contributed by atoms with Gasteiger partial charge in [-0.3, -0.25) is 0 Å². The van der Waals surface area contributed by atoms with Gasteiger partial charge in [-0.05, 0) is 18.6 Å². The summed E-state index contributed by atoms with van der Waals surface area (Å²) >= 11 is 0. The van der Waals surface area contributed by atoms with Crippen LogP contribution >= 0.6 is 0 Å². The minimum Gasteiger partial charge on any atom is -0.474 e. The number of methoxy groups -OCH3 is 1. The summed E-state index contributed by atoms with van der Waals surface area (Å²) in [4.78, 5) is 4.08. The van der Waals surface area contributed by atoms with Crippen molar-refractivity contribution in [2.45, 2.75) is 6.92 Å². The third-order valence-electron chi connectivity index (χ3n) is 1.91. The number of ether oxygens (including phenoxy) is 3. The van der Waals surface area contributed by atoms with E-state index in [2.05, 4.69) is 4.98 Å². The Bertz CT molecular complexity index is 318. The average molecular weight is 226 g/mol. The van der Waals surface area contributed by atoms with E-state index in [1.165, 1.54) is 0 Å². The molecule has 0 fully saturated rings. The number of aryl methyl sites for hydroxylation is 1. The lowest BCUT2D eigenvalue weighted by molar-refractivity contribution is 0.0538. The van der Waals surface area contributed by atoms with Crippen molar-refractivity contribution in [1.82, 2.24) is 4.98 Å². The SMILES string of the molecule is COCCOCCOc1ncc(C)cc1N. The van der Waals surface area contributed by atoms with E-state index in [4.69, 9.17) is 19.9 Å². The van der Waals surface area contributed by atoms with Crippen LogP contribution < -0.4 is 10.5 Å². The third kappa shape index (κ3) is 4.46. The Morgan fingerprint density at radius 2 is 2.00 bits per heavy atom. The maximum absolute atomic E-state index is 5.74. The molecule has 0 amide bonds. The Labute approximate surface area is 95.5 Å². The number of hydrogen-bond donors (Lipinski definition) is 1. The molecule has 0 aliphatic heterocycles. The van der Waals surface area contributed by atoms with E-state index in [9.17, 15) is 0 Å². The van der Waals surface area contributed by atoms with Gasteiger partial charge in [0, 0.05) is 13.3 Å². The van der Waals surface area contributed by atoms with Crippen molar-refractivity contribution < 1.29 is 14.2 Å². The largest absolute Gasteiger partial charge is 0.474 e. The molecule has 1 heterocycles. The molecule has 5 nitrogen and oxygen atoms in total. The molecule has 0 radical (unpaired) electrons. The van der Waals surface area contributed by atoms with Crippen LogP contribution in [-0.2, 0) is 9.47 Å². The summed E-state index contributed by atoms with van der Waals surface area (Å²) in [5, 5.41) is 0. The van der Waals surface area contributed by atoms with Gasteiger partial charge < -0.3 is 19.9 Å². The summed E-state index contributed by atoms with van der Waals surface area (Å²) < 4.78 is 15.5. The van der Waals surface area contributed by atoms with Crippen LogP contribution in [0.4, 0.5) is 5.69 Å². The van der Waals surface area contributed by atoms with Crippen molar-refractivity contribution in [1.29, 1.82) is 0 Å². The second-order valence-corrected chi connectivity index (χ2v) is 3.36. The quantitative estimate of drug-likeness (QED) is 0.703. The normalized spacial score (nSPS) is 10.4. The van der Waals surface area contributed by atoms with Crippen molar-refractivity contribution in [3.8, 4) is 5.88 Å². The smallest absolute Gasteiger partial charge is 0.237 e. The highest BCUT2D eigenvalue weighted by atomic mass is 16.5. The number of anilines is 1. The van der Waals surface area contributed by atoms with Crippen LogP contribution in [0.25, 0.3) is 0 Å². The van der Waals surface area contributed by atoms with Gasteiger partial charge in [-0.1, -0.05) is 0 Å². The van der Waals surface area contributed by atoms with Crippen LogP contribution in [0.2, 0.25) is 0 Å². The molecule has 1 aromatic rings. The number of aromatic nitrogens is 1. The molecule has 0 aromatic carbocycles. The Morgan fingerprint density at radius 3 is 2.69 bits per heavy atom. The first kappa shape index (κ1) is 12.7. The first-order valence-corrected chi connectivity index (χ1v) is 5.15. The van der Waals surface area contributed by atoms with Crippen molar-refractivity contribution in [2.24, 2.45) is 0 Å². The van der Waals surface area contributed by atoms with E-state index in [0.717, 1.165) is 5.56 Å². The van der Waals surface area contributed by atoms with Gasteiger partial charge in [-0.15, -0.1) is 0 Å². The molecule has 1 aromatic heterocycles. The molecule has 0 aliphatic carbocycles. The summed E-state index contributed by atoms with van der Waals surface area (Å²) in [5.74, 6) is 0.459. The molecule has 0 saturated carbocycles. The van der Waals surface area contributed by atoms with Gasteiger partial charge in [0.15, 0.2) is 0 Å². The molecule has 0 bridgehead atoms. The van der Waals surface area contributed by atoms with Gasteiger partial charge in [-0.25, -0.2) is 4.98 Å². The molecule has 0 atom stereocenters. The van der Waals surface area contributed by atoms with Crippen molar-refractivity contribution >= 4 is 5.69 Å². The zero-order valence-corrected chi connectivity index (χ0v) is 9.73. The number of nitrogens with two attached hydrogens (primary N) is 1. The van der Waals surface area contributed by atoms with E-state index in [-0.39, 0.29) is 0 Å². The van der Waals surface area contributed by atoms with E-state index in [1.54, 1.807) is 13.3 Å². The van der Waals surface area contributed by atoms with E-state index in [0.29, 0.717) is 38.0 Å². The Morgan fingerprint density at radius 1 is 1.25 bits per heavy atom. The molecule has 2 N–H and O–H groups in total. The monoisotopic (exact) mass is 226 g/mol. The second kappa shape index (κ2) is 7.03. The maximum Gasteiger partial charge on any atom is 0.237 e. The predicted molar refractivity (Wildman–Crippen MR) is 61.6 cm³/mol. The maximum atomic E-state index is 5.74. The summed E-state index contributed by atoms with van der Waals surface area (Å²) in [6, 6.07) is 1.83. The fourth-order valence-electron chi connectivity index (χ4n) is 1.14. The molecule has 90 valence electrons. The first-order valence-electron chi connectivity index (χ1n) is 5.15. The molecule has 0 unspecified atom stereocenters. The topological polar surface area (TPSA) is 66.6 Å². The van der Waals surface area contributed by atoms with Crippen LogP contribution in [0.1, 0.15) is 5.56 Å². The van der Waals surface area contributed by atoms with Gasteiger partial charge in [0.1, 0.15) is 6.61 Å². The van der Waals surface area contributed by atoms with Crippen LogP contribution in [0.5, 0.6) is 5.88 Å². The van der Waals surface area contributed by atoms with Gasteiger partial charge in [-0.2, -0.15) is 0 Å². The van der Waals surface area contributed by atoms with E-state index < -0.39 is 0 Å². The van der Waals surface area contributed by atoms with Crippen LogP contribution in [-0.4, -0.2) is 38.5 Å².